The molecule has 0 spiro atoms. The van der Waals surface area contributed by atoms with Crippen molar-refractivity contribution in [3.8, 4) is 0 Å². The van der Waals surface area contributed by atoms with Gasteiger partial charge in [0.2, 0.25) is 0 Å². The topological polar surface area (TPSA) is 24.9 Å². The van der Waals surface area contributed by atoms with Gasteiger partial charge < -0.3 is 5.32 Å². The Morgan fingerprint density at radius 1 is 1.35 bits per heavy atom. The van der Waals surface area contributed by atoms with Crippen molar-refractivity contribution in [3.63, 3.8) is 0 Å². The standard InChI is InChI=1S/C18H30N2/c1-4-12-20-17(14-15-9-6-8-13-19-15)16-10-5-7-11-18(16,2)3/h6,8-9,13,16-17,20H,4-5,7,10-12,14H2,1-3H3. The fourth-order valence-corrected chi connectivity index (χ4v) is 3.70. The highest BCUT2D eigenvalue weighted by molar-refractivity contribution is 5.07. The molecule has 112 valence electrons. The van der Waals surface area contributed by atoms with Crippen molar-refractivity contribution in [2.75, 3.05) is 6.54 Å². The Labute approximate surface area is 124 Å². The zero-order valence-corrected chi connectivity index (χ0v) is 13.4. The summed E-state index contributed by atoms with van der Waals surface area (Å²) >= 11 is 0. The summed E-state index contributed by atoms with van der Waals surface area (Å²) in [6.45, 7) is 8.27. The van der Waals surface area contributed by atoms with Gasteiger partial charge in [0, 0.05) is 24.4 Å². The van der Waals surface area contributed by atoms with Crippen LogP contribution in [-0.2, 0) is 6.42 Å². The molecule has 2 atom stereocenters. The number of nitrogens with zero attached hydrogens (tertiary/aromatic N) is 1. The number of hydrogen-bond acceptors (Lipinski definition) is 2. The van der Waals surface area contributed by atoms with Gasteiger partial charge in [-0.3, -0.25) is 4.98 Å². The fourth-order valence-electron chi connectivity index (χ4n) is 3.70. The van der Waals surface area contributed by atoms with E-state index in [1.807, 2.05) is 12.3 Å². The lowest BCUT2D eigenvalue weighted by Crippen LogP contribution is -2.46. The third kappa shape index (κ3) is 4.05. The molecule has 1 fully saturated rings. The van der Waals surface area contributed by atoms with Crippen LogP contribution < -0.4 is 5.32 Å². The molecule has 0 radical (unpaired) electrons. The smallest absolute Gasteiger partial charge is 0.0419 e. The summed E-state index contributed by atoms with van der Waals surface area (Å²) in [6.07, 6.45) is 9.69. The summed E-state index contributed by atoms with van der Waals surface area (Å²) in [5, 5.41) is 3.80. The highest BCUT2D eigenvalue weighted by Gasteiger charge is 2.37. The number of rotatable bonds is 6. The molecule has 1 aromatic rings. The molecule has 1 aliphatic carbocycles. The van der Waals surface area contributed by atoms with Crippen molar-refractivity contribution in [2.24, 2.45) is 11.3 Å². The highest BCUT2D eigenvalue weighted by atomic mass is 14.9. The van der Waals surface area contributed by atoms with E-state index in [1.165, 1.54) is 37.8 Å². The molecule has 0 saturated heterocycles. The van der Waals surface area contributed by atoms with Crippen LogP contribution in [0.3, 0.4) is 0 Å². The normalized spacial score (nSPS) is 23.4. The Morgan fingerprint density at radius 3 is 2.85 bits per heavy atom. The molecule has 2 rings (SSSR count). The molecule has 2 unspecified atom stereocenters. The molecular weight excluding hydrogens is 244 g/mol. The van der Waals surface area contributed by atoms with Gasteiger partial charge in [-0.15, -0.1) is 0 Å². The monoisotopic (exact) mass is 274 g/mol. The first-order valence-electron chi connectivity index (χ1n) is 8.27. The van der Waals surface area contributed by atoms with Crippen molar-refractivity contribution >= 4 is 0 Å². The lowest BCUT2D eigenvalue weighted by Gasteiger charge is -2.43. The first-order valence-corrected chi connectivity index (χ1v) is 8.27. The molecule has 2 nitrogen and oxygen atoms in total. The highest BCUT2D eigenvalue weighted by Crippen LogP contribution is 2.42. The SMILES string of the molecule is CCCNC(Cc1ccccn1)C1CCCCC1(C)C. The second-order valence-corrected chi connectivity index (χ2v) is 6.93. The van der Waals surface area contributed by atoms with E-state index in [0.29, 0.717) is 11.5 Å². The molecule has 1 heterocycles. The molecular formula is C18H30N2. The summed E-state index contributed by atoms with van der Waals surface area (Å²) < 4.78 is 0. The third-order valence-electron chi connectivity index (χ3n) is 4.89. The van der Waals surface area contributed by atoms with Gasteiger partial charge in [0.25, 0.3) is 0 Å². The first-order chi connectivity index (χ1) is 9.63. The van der Waals surface area contributed by atoms with Gasteiger partial charge in [-0.25, -0.2) is 0 Å². The number of aromatic nitrogens is 1. The van der Waals surface area contributed by atoms with Gasteiger partial charge in [-0.2, -0.15) is 0 Å². The average Bonchev–Trinajstić information content (AvgIpc) is 2.44. The van der Waals surface area contributed by atoms with Crippen molar-refractivity contribution in [1.82, 2.24) is 10.3 Å². The zero-order chi connectivity index (χ0) is 14.4. The first kappa shape index (κ1) is 15.5. The maximum Gasteiger partial charge on any atom is 0.0419 e. The van der Waals surface area contributed by atoms with Crippen LogP contribution in [-0.4, -0.2) is 17.6 Å². The van der Waals surface area contributed by atoms with Crippen LogP contribution in [0.5, 0.6) is 0 Å². The van der Waals surface area contributed by atoms with E-state index in [-0.39, 0.29) is 0 Å². The molecule has 1 saturated carbocycles. The molecule has 20 heavy (non-hydrogen) atoms. The van der Waals surface area contributed by atoms with Crippen molar-refractivity contribution < 1.29 is 0 Å². The lowest BCUT2D eigenvalue weighted by molar-refractivity contribution is 0.0977. The van der Waals surface area contributed by atoms with Gasteiger partial charge in [-0.05, 0) is 49.3 Å². The number of pyridine rings is 1. The fraction of sp³-hybridized carbons (Fsp3) is 0.722. The predicted octanol–water partition coefficient (Wildman–Crippen LogP) is 4.21. The minimum atomic E-state index is 0.457. The van der Waals surface area contributed by atoms with Crippen LogP contribution in [0.15, 0.2) is 24.4 Å². The van der Waals surface area contributed by atoms with Crippen LogP contribution in [0.2, 0.25) is 0 Å². The van der Waals surface area contributed by atoms with Crippen LogP contribution in [0.4, 0.5) is 0 Å². The van der Waals surface area contributed by atoms with Crippen LogP contribution >= 0.6 is 0 Å². The molecule has 1 aromatic heterocycles. The Morgan fingerprint density at radius 2 is 2.20 bits per heavy atom. The van der Waals surface area contributed by atoms with E-state index in [1.54, 1.807) is 0 Å². The Hall–Kier alpha value is -0.890. The summed E-state index contributed by atoms with van der Waals surface area (Å²) in [5.41, 5.74) is 1.68. The molecule has 1 aliphatic rings. The van der Waals surface area contributed by atoms with Gasteiger partial charge in [0.1, 0.15) is 0 Å². The van der Waals surface area contributed by atoms with E-state index in [0.717, 1.165) is 18.9 Å². The van der Waals surface area contributed by atoms with E-state index in [2.05, 4.69) is 43.2 Å². The van der Waals surface area contributed by atoms with Gasteiger partial charge >= 0.3 is 0 Å². The van der Waals surface area contributed by atoms with Crippen LogP contribution in [0.1, 0.15) is 58.6 Å². The number of nitrogens with one attached hydrogen (secondary N) is 1. The summed E-state index contributed by atoms with van der Waals surface area (Å²) in [5.74, 6) is 0.768. The van der Waals surface area contributed by atoms with Crippen LogP contribution in [0, 0.1) is 11.3 Å². The van der Waals surface area contributed by atoms with E-state index in [4.69, 9.17) is 0 Å². The summed E-state index contributed by atoms with van der Waals surface area (Å²) in [6, 6.07) is 6.84. The van der Waals surface area contributed by atoms with Gasteiger partial charge in [0.05, 0.1) is 0 Å². The lowest BCUT2D eigenvalue weighted by atomic mass is 9.65. The summed E-state index contributed by atoms with van der Waals surface area (Å²) in [4.78, 5) is 4.53. The predicted molar refractivity (Wildman–Crippen MR) is 85.8 cm³/mol. The van der Waals surface area contributed by atoms with Crippen molar-refractivity contribution in [2.45, 2.75) is 65.3 Å². The van der Waals surface area contributed by atoms with Crippen molar-refractivity contribution in [3.05, 3.63) is 30.1 Å². The second kappa shape index (κ2) is 7.21. The van der Waals surface area contributed by atoms with E-state index >= 15 is 0 Å². The minimum Gasteiger partial charge on any atom is -0.313 e. The third-order valence-corrected chi connectivity index (χ3v) is 4.89. The Bertz CT molecular complexity index is 386. The van der Waals surface area contributed by atoms with Gasteiger partial charge in [0.15, 0.2) is 0 Å². The van der Waals surface area contributed by atoms with Crippen LogP contribution in [0.25, 0.3) is 0 Å². The zero-order valence-electron chi connectivity index (χ0n) is 13.4. The molecule has 0 aromatic carbocycles. The Balaban J connectivity index is 2.09. The molecule has 0 aliphatic heterocycles. The quantitative estimate of drug-likeness (QED) is 0.840. The van der Waals surface area contributed by atoms with E-state index < -0.39 is 0 Å². The van der Waals surface area contributed by atoms with E-state index in [9.17, 15) is 0 Å². The number of hydrogen-bond donors (Lipinski definition) is 1. The average molecular weight is 274 g/mol. The minimum absolute atomic E-state index is 0.457. The Kier molecular flexibility index (Phi) is 5.59. The molecule has 2 heteroatoms. The summed E-state index contributed by atoms with van der Waals surface area (Å²) in [7, 11) is 0. The largest absolute Gasteiger partial charge is 0.313 e. The maximum atomic E-state index is 4.53. The second-order valence-electron chi connectivity index (χ2n) is 6.93. The molecule has 1 N–H and O–H groups in total. The maximum absolute atomic E-state index is 4.53. The molecule has 0 bridgehead atoms. The van der Waals surface area contributed by atoms with Crippen molar-refractivity contribution in [1.29, 1.82) is 0 Å². The molecule has 0 amide bonds. The van der Waals surface area contributed by atoms with Gasteiger partial charge in [-0.1, -0.05) is 39.7 Å².